The molecule has 2 unspecified atom stereocenters. The minimum atomic E-state index is -0.899. The molecule has 3 rings (SSSR count). The van der Waals surface area contributed by atoms with Gasteiger partial charge in [0.25, 0.3) is 0 Å². The van der Waals surface area contributed by atoms with Crippen molar-refractivity contribution in [3.05, 3.63) is 34.9 Å². The molecule has 1 aromatic rings. The predicted molar refractivity (Wildman–Crippen MR) is 79.9 cm³/mol. The Kier molecular flexibility index (Phi) is 3.60. The Morgan fingerprint density at radius 1 is 1.40 bits per heavy atom. The summed E-state index contributed by atoms with van der Waals surface area (Å²) in [5.74, 6) is 0.649. The molecule has 1 saturated carbocycles. The monoisotopic (exact) mass is 312 g/mol. The predicted octanol–water partition coefficient (Wildman–Crippen LogP) is 1.68. The highest BCUT2D eigenvalue weighted by Gasteiger charge is 2.59. The van der Waals surface area contributed by atoms with Crippen LogP contribution in [-0.2, 0) is 15.6 Å². The summed E-state index contributed by atoms with van der Waals surface area (Å²) in [4.78, 5) is 14.3. The number of carbonyl (C=O) groups is 1. The van der Waals surface area contributed by atoms with E-state index in [9.17, 15) is 9.00 Å². The van der Waals surface area contributed by atoms with Crippen LogP contribution >= 0.6 is 11.6 Å². The van der Waals surface area contributed by atoms with Gasteiger partial charge in [0, 0.05) is 34.4 Å². The van der Waals surface area contributed by atoms with Crippen molar-refractivity contribution in [1.29, 1.82) is 0 Å². The molecule has 2 aliphatic rings. The molecule has 108 valence electrons. The average molecular weight is 313 g/mol. The molecule has 1 aromatic carbocycles. The summed E-state index contributed by atoms with van der Waals surface area (Å²) in [6.07, 6.45) is 3.31. The zero-order valence-electron chi connectivity index (χ0n) is 11.3. The van der Waals surface area contributed by atoms with Crippen molar-refractivity contribution in [3.8, 4) is 0 Å². The van der Waals surface area contributed by atoms with Crippen molar-refractivity contribution in [3.63, 3.8) is 0 Å². The maximum Gasteiger partial charge on any atom is 0.244 e. The van der Waals surface area contributed by atoms with Crippen molar-refractivity contribution >= 4 is 28.3 Å². The molecule has 0 radical (unpaired) electrons. The second-order valence-corrected chi connectivity index (χ2v) is 7.45. The molecule has 2 fully saturated rings. The van der Waals surface area contributed by atoms with Crippen molar-refractivity contribution in [1.82, 2.24) is 10.2 Å². The third kappa shape index (κ3) is 2.50. The third-order valence-electron chi connectivity index (χ3n) is 3.95. The normalized spacial score (nSPS) is 25.2. The minimum Gasteiger partial charge on any atom is -0.320 e. The molecule has 1 amide bonds. The van der Waals surface area contributed by atoms with Crippen LogP contribution in [-0.4, -0.2) is 39.1 Å². The topological polar surface area (TPSA) is 49.4 Å². The summed E-state index contributed by atoms with van der Waals surface area (Å²) in [6, 6.07) is 7.53. The SMILES string of the molecule is CS(=O)CCN1C(=O)C2(CC2)NC1c1ccc(Cl)cc1. The van der Waals surface area contributed by atoms with E-state index in [4.69, 9.17) is 11.6 Å². The largest absolute Gasteiger partial charge is 0.320 e. The molecular formula is C14H17ClN2O2S. The van der Waals surface area contributed by atoms with Gasteiger partial charge in [-0.3, -0.25) is 14.3 Å². The number of nitrogens with one attached hydrogen (secondary N) is 1. The lowest BCUT2D eigenvalue weighted by Gasteiger charge is -2.24. The molecule has 0 bridgehead atoms. The van der Waals surface area contributed by atoms with E-state index in [2.05, 4.69) is 5.32 Å². The number of halogens is 1. The molecule has 1 heterocycles. The van der Waals surface area contributed by atoms with Crippen molar-refractivity contribution in [2.75, 3.05) is 18.6 Å². The summed E-state index contributed by atoms with van der Waals surface area (Å²) in [5.41, 5.74) is 0.660. The Morgan fingerprint density at radius 3 is 2.60 bits per heavy atom. The fourth-order valence-electron chi connectivity index (χ4n) is 2.64. The van der Waals surface area contributed by atoms with Gasteiger partial charge in [0.1, 0.15) is 11.7 Å². The molecular weight excluding hydrogens is 296 g/mol. The van der Waals surface area contributed by atoms with Gasteiger partial charge in [-0.15, -0.1) is 0 Å². The van der Waals surface area contributed by atoms with Crippen molar-refractivity contribution < 1.29 is 9.00 Å². The van der Waals surface area contributed by atoms with Crippen LogP contribution in [0.2, 0.25) is 5.02 Å². The van der Waals surface area contributed by atoms with E-state index < -0.39 is 10.8 Å². The Balaban J connectivity index is 1.85. The van der Waals surface area contributed by atoms with Crippen LogP contribution in [0.5, 0.6) is 0 Å². The lowest BCUT2D eigenvalue weighted by atomic mass is 10.1. The smallest absolute Gasteiger partial charge is 0.244 e. The maximum absolute atomic E-state index is 12.5. The number of amides is 1. The third-order valence-corrected chi connectivity index (χ3v) is 4.96. The molecule has 4 nitrogen and oxygen atoms in total. The lowest BCUT2D eigenvalue weighted by molar-refractivity contribution is -0.130. The minimum absolute atomic E-state index is 0.134. The maximum atomic E-state index is 12.5. The van der Waals surface area contributed by atoms with E-state index in [1.165, 1.54) is 0 Å². The van der Waals surface area contributed by atoms with Crippen LogP contribution < -0.4 is 5.32 Å². The van der Waals surface area contributed by atoms with Gasteiger partial charge in [0.2, 0.25) is 5.91 Å². The quantitative estimate of drug-likeness (QED) is 0.920. The van der Waals surface area contributed by atoms with Gasteiger partial charge in [-0.1, -0.05) is 23.7 Å². The number of carbonyl (C=O) groups excluding carboxylic acids is 1. The summed E-state index contributed by atoms with van der Waals surface area (Å²) < 4.78 is 11.3. The Bertz CT molecular complexity index is 557. The highest BCUT2D eigenvalue weighted by atomic mass is 35.5. The molecule has 2 atom stereocenters. The van der Waals surface area contributed by atoms with Crippen LogP contribution in [0.15, 0.2) is 24.3 Å². The van der Waals surface area contributed by atoms with Gasteiger partial charge >= 0.3 is 0 Å². The molecule has 1 spiro atoms. The number of nitrogens with zero attached hydrogens (tertiary/aromatic N) is 1. The van der Waals surface area contributed by atoms with Gasteiger partial charge < -0.3 is 4.90 Å². The zero-order chi connectivity index (χ0) is 14.3. The van der Waals surface area contributed by atoms with Gasteiger partial charge in [0.05, 0.1) is 0 Å². The number of hydrogen-bond donors (Lipinski definition) is 1. The van der Waals surface area contributed by atoms with Gasteiger partial charge in [-0.05, 0) is 30.5 Å². The molecule has 6 heteroatoms. The summed E-state index contributed by atoms with van der Waals surface area (Å²) in [5, 5.41) is 4.12. The first kappa shape index (κ1) is 14.0. The van der Waals surface area contributed by atoms with Crippen molar-refractivity contribution in [2.45, 2.75) is 24.5 Å². The molecule has 0 aromatic heterocycles. The van der Waals surface area contributed by atoms with E-state index in [-0.39, 0.29) is 17.6 Å². The lowest BCUT2D eigenvalue weighted by Crippen LogP contribution is -2.34. The fraction of sp³-hybridized carbons (Fsp3) is 0.500. The fourth-order valence-corrected chi connectivity index (χ4v) is 3.22. The van der Waals surface area contributed by atoms with E-state index in [1.54, 1.807) is 6.26 Å². The van der Waals surface area contributed by atoms with Crippen LogP contribution in [0.3, 0.4) is 0 Å². The number of hydrogen-bond acceptors (Lipinski definition) is 3. The summed E-state index contributed by atoms with van der Waals surface area (Å²) in [6.45, 7) is 0.518. The highest BCUT2D eigenvalue weighted by Crippen LogP contribution is 2.45. The first-order valence-electron chi connectivity index (χ1n) is 6.66. The highest BCUT2D eigenvalue weighted by molar-refractivity contribution is 7.84. The van der Waals surface area contributed by atoms with E-state index in [0.29, 0.717) is 17.3 Å². The Labute approximate surface area is 125 Å². The second kappa shape index (κ2) is 5.13. The summed E-state index contributed by atoms with van der Waals surface area (Å²) >= 11 is 5.91. The standard InChI is InChI=1S/C14H17ClN2O2S/c1-20(19)9-8-17-12(10-2-4-11(15)5-3-10)16-14(6-7-14)13(17)18/h2-5,12,16H,6-9H2,1H3. The second-order valence-electron chi connectivity index (χ2n) is 5.46. The first-order valence-corrected chi connectivity index (χ1v) is 8.77. The zero-order valence-corrected chi connectivity index (χ0v) is 12.8. The van der Waals surface area contributed by atoms with E-state index in [0.717, 1.165) is 18.4 Å². The molecule has 1 aliphatic carbocycles. The Hall–Kier alpha value is -0.910. The van der Waals surface area contributed by atoms with Crippen molar-refractivity contribution in [2.24, 2.45) is 0 Å². The molecule has 1 saturated heterocycles. The van der Waals surface area contributed by atoms with Crippen LogP contribution in [0.25, 0.3) is 0 Å². The van der Waals surface area contributed by atoms with Gasteiger partial charge in [-0.2, -0.15) is 0 Å². The summed E-state index contributed by atoms with van der Waals surface area (Å²) in [7, 11) is -0.899. The van der Waals surface area contributed by atoms with Gasteiger partial charge in [-0.25, -0.2) is 0 Å². The average Bonchev–Trinajstić information content (AvgIpc) is 3.13. The number of rotatable bonds is 4. The number of benzene rings is 1. The molecule has 20 heavy (non-hydrogen) atoms. The Morgan fingerprint density at radius 2 is 2.05 bits per heavy atom. The van der Waals surface area contributed by atoms with Gasteiger partial charge in [0.15, 0.2) is 0 Å². The molecule has 1 aliphatic heterocycles. The van der Waals surface area contributed by atoms with Crippen LogP contribution in [0.1, 0.15) is 24.6 Å². The van der Waals surface area contributed by atoms with E-state index >= 15 is 0 Å². The van der Waals surface area contributed by atoms with E-state index in [1.807, 2.05) is 29.2 Å². The van der Waals surface area contributed by atoms with Crippen LogP contribution in [0.4, 0.5) is 0 Å². The molecule has 1 N–H and O–H groups in total. The van der Waals surface area contributed by atoms with Crippen LogP contribution in [0, 0.1) is 0 Å². The first-order chi connectivity index (χ1) is 9.52.